The monoisotopic (exact) mass is 644 g/mol. The Kier molecular flexibility index (Phi) is 29.0. The van der Waals surface area contributed by atoms with Gasteiger partial charge in [0.15, 0.2) is 0 Å². The molecule has 45 heavy (non-hydrogen) atoms. The van der Waals surface area contributed by atoms with E-state index >= 15 is 0 Å². The lowest BCUT2D eigenvalue weighted by Crippen LogP contribution is -2.41. The number of Topliss-reactive ketones (excluding diaryl/α,β-unsaturated/α-hetero) is 1. The summed E-state index contributed by atoms with van der Waals surface area (Å²) in [6.07, 6.45) is 5.88. The Morgan fingerprint density at radius 1 is 0.533 bits per heavy atom. The van der Waals surface area contributed by atoms with E-state index < -0.39 is 24.0 Å². The molecule has 2 atom stereocenters. The summed E-state index contributed by atoms with van der Waals surface area (Å²) in [5.41, 5.74) is 0. The predicted molar refractivity (Wildman–Crippen MR) is 183 cm³/mol. The molecule has 10 heteroatoms. The van der Waals surface area contributed by atoms with Gasteiger partial charge in [0.2, 0.25) is 11.8 Å². The van der Waals surface area contributed by atoms with Crippen molar-refractivity contribution in [2.45, 2.75) is 159 Å². The van der Waals surface area contributed by atoms with Crippen LogP contribution < -0.4 is 16.0 Å². The second-order valence-corrected chi connectivity index (χ2v) is 14.4. The lowest BCUT2D eigenvalue weighted by Gasteiger charge is -2.16. The molecule has 0 aromatic carbocycles. The number of aliphatic carboxylic acids is 2. The molecular weight excluding hydrogens is 574 g/mol. The van der Waals surface area contributed by atoms with Crippen LogP contribution in [0.5, 0.6) is 0 Å². The van der Waals surface area contributed by atoms with Crippen LogP contribution in [-0.2, 0) is 24.0 Å². The number of carbonyl (C=O) groups is 5. The van der Waals surface area contributed by atoms with Crippen LogP contribution in [0.1, 0.15) is 141 Å². The lowest BCUT2D eigenvalue weighted by atomic mass is 10.0. The van der Waals surface area contributed by atoms with Crippen molar-refractivity contribution in [1.29, 1.82) is 0 Å². The van der Waals surface area contributed by atoms with E-state index in [2.05, 4.69) is 43.6 Å². The van der Waals surface area contributed by atoms with Crippen molar-refractivity contribution in [1.82, 2.24) is 16.0 Å². The first-order chi connectivity index (χ1) is 20.7. The maximum absolute atomic E-state index is 11.4. The third kappa shape index (κ3) is 35.9. The summed E-state index contributed by atoms with van der Waals surface area (Å²) < 4.78 is 0. The quantitative estimate of drug-likeness (QED) is 0.0891. The molecule has 0 radical (unpaired) electrons. The van der Waals surface area contributed by atoms with Crippen molar-refractivity contribution in [3.8, 4) is 0 Å². The fourth-order valence-electron chi connectivity index (χ4n) is 4.11. The molecule has 0 aromatic heterocycles. The van der Waals surface area contributed by atoms with Crippen molar-refractivity contribution < 1.29 is 34.2 Å². The zero-order valence-electron chi connectivity index (χ0n) is 30.6. The molecule has 0 spiro atoms. The molecule has 0 bridgehead atoms. The van der Waals surface area contributed by atoms with Gasteiger partial charge in [-0.1, -0.05) is 83.1 Å². The maximum atomic E-state index is 11.4. The zero-order chi connectivity index (χ0) is 35.7. The van der Waals surface area contributed by atoms with Crippen LogP contribution in [0.3, 0.4) is 0 Å². The van der Waals surface area contributed by atoms with Crippen LogP contribution in [0, 0.1) is 29.6 Å². The van der Waals surface area contributed by atoms with Gasteiger partial charge in [-0.2, -0.15) is 0 Å². The largest absolute Gasteiger partial charge is 0.480 e. The molecule has 0 saturated heterocycles. The molecule has 0 rings (SSSR count). The van der Waals surface area contributed by atoms with E-state index in [1.807, 2.05) is 55.4 Å². The summed E-state index contributed by atoms with van der Waals surface area (Å²) >= 11 is 0. The van der Waals surface area contributed by atoms with Gasteiger partial charge in [0.1, 0.15) is 17.9 Å². The zero-order valence-corrected chi connectivity index (χ0v) is 30.6. The Morgan fingerprint density at radius 3 is 1.40 bits per heavy atom. The standard InChI is InChI=1S/2C12H23NO3.C11H23NO/c1-8(2)7-10(14)5-6-11(12(15)16)13-9(3)4;1-8(2)5-6-10(12(15)16)13-11(14)7-9(3)4;1-9(2)6-5-7-12-11(13)8-10(3)4/h8-9,11,13H,5-7H2,1-4H3,(H,15,16);8-10H,5-7H2,1-4H3,(H,13,14)(H,15,16);9-10H,5-8H2,1-4H3,(H,12,13). The number of nitrogens with one attached hydrogen (secondary N) is 3. The van der Waals surface area contributed by atoms with Gasteiger partial charge in [0.25, 0.3) is 0 Å². The van der Waals surface area contributed by atoms with Crippen molar-refractivity contribution in [3.63, 3.8) is 0 Å². The molecule has 2 unspecified atom stereocenters. The van der Waals surface area contributed by atoms with Crippen molar-refractivity contribution in [3.05, 3.63) is 0 Å². The third-order valence-electron chi connectivity index (χ3n) is 6.31. The fraction of sp³-hybridized carbons (Fsp3) is 0.857. The summed E-state index contributed by atoms with van der Waals surface area (Å²) in [5.74, 6) is 0.574. The normalized spacial score (nSPS) is 12.4. The average Bonchev–Trinajstić information content (AvgIpc) is 2.85. The van der Waals surface area contributed by atoms with Crippen LogP contribution in [0.15, 0.2) is 0 Å². The number of amides is 2. The first-order valence-corrected chi connectivity index (χ1v) is 17.0. The molecule has 0 aliphatic heterocycles. The van der Waals surface area contributed by atoms with E-state index in [0.29, 0.717) is 56.3 Å². The third-order valence-corrected chi connectivity index (χ3v) is 6.31. The second kappa shape index (κ2) is 27.8. The Labute approximate surface area is 274 Å². The number of hydrogen-bond acceptors (Lipinski definition) is 6. The van der Waals surface area contributed by atoms with Crippen molar-refractivity contribution in [2.75, 3.05) is 6.54 Å². The van der Waals surface area contributed by atoms with Crippen LogP contribution in [0.25, 0.3) is 0 Å². The first-order valence-electron chi connectivity index (χ1n) is 17.0. The minimum Gasteiger partial charge on any atom is -0.480 e. The maximum Gasteiger partial charge on any atom is 0.326 e. The number of hydrogen-bond donors (Lipinski definition) is 5. The molecule has 0 fully saturated rings. The molecule has 0 saturated carbocycles. The lowest BCUT2D eigenvalue weighted by molar-refractivity contribution is -0.142. The van der Waals surface area contributed by atoms with Crippen LogP contribution in [0.2, 0.25) is 0 Å². The van der Waals surface area contributed by atoms with Gasteiger partial charge in [-0.05, 0) is 61.7 Å². The van der Waals surface area contributed by atoms with Crippen molar-refractivity contribution >= 4 is 29.5 Å². The highest BCUT2D eigenvalue weighted by Crippen LogP contribution is 2.09. The Morgan fingerprint density at radius 2 is 1.00 bits per heavy atom. The topological polar surface area (TPSA) is 162 Å². The highest BCUT2D eigenvalue weighted by atomic mass is 16.4. The molecule has 0 aliphatic rings. The van der Waals surface area contributed by atoms with Gasteiger partial charge in [-0.3, -0.25) is 19.2 Å². The molecule has 0 aromatic rings. The minimum absolute atomic E-state index is 0.112. The van der Waals surface area contributed by atoms with E-state index in [9.17, 15) is 24.0 Å². The van der Waals surface area contributed by atoms with Gasteiger partial charge < -0.3 is 26.2 Å². The van der Waals surface area contributed by atoms with E-state index in [-0.39, 0.29) is 29.6 Å². The molecular formula is C35H69N3O7. The summed E-state index contributed by atoms with van der Waals surface area (Å²) in [4.78, 5) is 55.9. The number of carboxylic acid groups (broad SMARTS) is 2. The molecule has 266 valence electrons. The van der Waals surface area contributed by atoms with Gasteiger partial charge >= 0.3 is 11.9 Å². The van der Waals surface area contributed by atoms with Crippen LogP contribution in [0.4, 0.5) is 0 Å². The predicted octanol–water partition coefficient (Wildman–Crippen LogP) is 6.46. The number of rotatable bonds is 21. The second-order valence-electron chi connectivity index (χ2n) is 14.4. The highest BCUT2D eigenvalue weighted by Gasteiger charge is 2.21. The van der Waals surface area contributed by atoms with E-state index in [1.54, 1.807) is 0 Å². The van der Waals surface area contributed by atoms with Gasteiger partial charge in [0.05, 0.1) is 0 Å². The van der Waals surface area contributed by atoms with Crippen LogP contribution in [-0.4, -0.2) is 64.4 Å². The Bertz CT molecular complexity index is 824. The van der Waals surface area contributed by atoms with E-state index in [4.69, 9.17) is 10.2 Å². The fourth-order valence-corrected chi connectivity index (χ4v) is 4.11. The molecule has 10 nitrogen and oxygen atoms in total. The summed E-state index contributed by atoms with van der Waals surface area (Å²) in [6, 6.07) is -1.24. The van der Waals surface area contributed by atoms with Crippen molar-refractivity contribution in [2.24, 2.45) is 29.6 Å². The number of ketones is 1. The summed E-state index contributed by atoms with van der Waals surface area (Å²) in [6.45, 7) is 25.1. The minimum atomic E-state index is -0.947. The smallest absolute Gasteiger partial charge is 0.326 e. The molecule has 0 heterocycles. The Hall–Kier alpha value is -2.49. The summed E-state index contributed by atoms with van der Waals surface area (Å²) in [5, 5.41) is 26.3. The molecule has 0 aliphatic carbocycles. The number of carboxylic acids is 2. The van der Waals surface area contributed by atoms with E-state index in [0.717, 1.165) is 25.3 Å². The summed E-state index contributed by atoms with van der Waals surface area (Å²) in [7, 11) is 0. The first kappa shape index (κ1) is 46.9. The van der Waals surface area contributed by atoms with Crippen LogP contribution >= 0.6 is 0 Å². The van der Waals surface area contributed by atoms with E-state index in [1.165, 1.54) is 6.42 Å². The molecule has 5 N–H and O–H groups in total. The number of carbonyl (C=O) groups excluding carboxylic acids is 3. The van der Waals surface area contributed by atoms with Gasteiger partial charge in [-0.25, -0.2) is 4.79 Å². The highest BCUT2D eigenvalue weighted by molar-refractivity contribution is 5.83. The SMILES string of the molecule is CC(C)CC(=O)CCC(NC(C)C)C(=O)O.CC(C)CCC(NC(=O)CC(C)C)C(=O)O.CC(C)CCCNC(=O)CC(C)C. The average molecular weight is 644 g/mol. The molecule has 2 amide bonds. The van der Waals surface area contributed by atoms with Gasteiger partial charge in [0, 0.05) is 38.3 Å². The Balaban J connectivity index is -0.000000592. The van der Waals surface area contributed by atoms with Gasteiger partial charge in [-0.15, -0.1) is 0 Å².